The molecule has 0 aromatic carbocycles. The van der Waals surface area contributed by atoms with E-state index < -0.39 is 17.0 Å². The highest BCUT2D eigenvalue weighted by atomic mass is 19.4. The van der Waals surface area contributed by atoms with Crippen molar-refractivity contribution < 1.29 is 13.2 Å². The fourth-order valence-electron chi connectivity index (χ4n) is 3.96. The Balaban J connectivity index is 2.24. The van der Waals surface area contributed by atoms with Crippen molar-refractivity contribution in [3.05, 3.63) is 0 Å². The predicted octanol–water partition coefficient (Wildman–Crippen LogP) is 5.04. The molecule has 0 radical (unpaired) electrons. The van der Waals surface area contributed by atoms with Crippen molar-refractivity contribution in [3.8, 4) is 0 Å². The average Bonchev–Trinajstić information content (AvgIpc) is 2.76. The normalized spacial score (nSPS) is 34.4. The molecule has 2 aliphatic rings. The van der Waals surface area contributed by atoms with Crippen LogP contribution in [0.1, 0.15) is 53.4 Å². The summed E-state index contributed by atoms with van der Waals surface area (Å²) in [5.41, 5.74) is -2.26. The summed E-state index contributed by atoms with van der Waals surface area (Å²) in [7, 11) is 0. The highest BCUT2D eigenvalue weighted by Crippen LogP contribution is 2.62. The second-order valence-electron chi connectivity index (χ2n) is 7.13. The van der Waals surface area contributed by atoms with Crippen molar-refractivity contribution >= 4 is 0 Å². The Hall–Kier alpha value is -0.210. The predicted molar refractivity (Wildman–Crippen MR) is 62.6 cm³/mol. The van der Waals surface area contributed by atoms with Crippen molar-refractivity contribution in [1.29, 1.82) is 0 Å². The molecular formula is C14H23F3. The van der Waals surface area contributed by atoms with Crippen LogP contribution < -0.4 is 0 Å². The van der Waals surface area contributed by atoms with Gasteiger partial charge in [0.2, 0.25) is 0 Å². The lowest BCUT2D eigenvalue weighted by Gasteiger charge is -2.49. The molecule has 17 heavy (non-hydrogen) atoms. The van der Waals surface area contributed by atoms with Gasteiger partial charge in [0.15, 0.2) is 0 Å². The van der Waals surface area contributed by atoms with Crippen LogP contribution in [0.15, 0.2) is 0 Å². The summed E-state index contributed by atoms with van der Waals surface area (Å²) in [5, 5.41) is 0. The molecule has 0 N–H and O–H groups in total. The Labute approximate surface area is 102 Å². The maximum Gasteiger partial charge on any atom is 0.394 e. The summed E-state index contributed by atoms with van der Waals surface area (Å²) >= 11 is 0. The van der Waals surface area contributed by atoms with Gasteiger partial charge in [0.1, 0.15) is 0 Å². The molecule has 0 aromatic rings. The van der Waals surface area contributed by atoms with Gasteiger partial charge >= 0.3 is 6.18 Å². The summed E-state index contributed by atoms with van der Waals surface area (Å²) in [6.45, 7) is 6.40. The molecule has 2 aliphatic carbocycles. The van der Waals surface area contributed by atoms with E-state index in [0.29, 0.717) is 11.8 Å². The van der Waals surface area contributed by atoms with E-state index in [-0.39, 0.29) is 5.92 Å². The van der Waals surface area contributed by atoms with Gasteiger partial charge in [0.05, 0.1) is 5.41 Å². The van der Waals surface area contributed by atoms with E-state index >= 15 is 0 Å². The standard InChI is InChI=1S/C14H23F3/c1-12(2,13(3,4)14(15,16)17)11-8-9-5-6-10(11)7-9/h9-11H,5-8H2,1-4H3. The molecule has 3 unspecified atom stereocenters. The van der Waals surface area contributed by atoms with Gasteiger partial charge in [-0.1, -0.05) is 34.1 Å². The molecule has 0 heterocycles. The maximum atomic E-state index is 13.2. The summed E-state index contributed by atoms with van der Waals surface area (Å²) in [6.07, 6.45) is 0.452. The van der Waals surface area contributed by atoms with Crippen LogP contribution >= 0.6 is 0 Å². The van der Waals surface area contributed by atoms with E-state index in [0.717, 1.165) is 12.8 Å². The second kappa shape index (κ2) is 3.64. The highest BCUT2D eigenvalue weighted by molar-refractivity contribution is 5.03. The largest absolute Gasteiger partial charge is 0.394 e. The Morgan fingerprint density at radius 1 is 0.882 bits per heavy atom. The Kier molecular flexibility index (Phi) is 2.83. The van der Waals surface area contributed by atoms with Gasteiger partial charge in [-0.15, -0.1) is 0 Å². The van der Waals surface area contributed by atoms with E-state index in [1.54, 1.807) is 0 Å². The SMILES string of the molecule is CC(C)(C1CC2CCC1C2)C(C)(C)C(F)(F)F. The molecule has 0 spiro atoms. The monoisotopic (exact) mass is 248 g/mol. The number of halogens is 3. The van der Waals surface area contributed by atoms with Crippen molar-refractivity contribution in [2.24, 2.45) is 28.6 Å². The summed E-state index contributed by atoms with van der Waals surface area (Å²) in [5.74, 6) is 1.49. The van der Waals surface area contributed by atoms with Gasteiger partial charge in [0.25, 0.3) is 0 Å². The first-order valence-electron chi connectivity index (χ1n) is 6.64. The minimum absolute atomic E-state index is 0.248. The van der Waals surface area contributed by atoms with Crippen LogP contribution in [0, 0.1) is 28.6 Å². The first-order chi connectivity index (χ1) is 7.57. The lowest BCUT2D eigenvalue weighted by Crippen LogP contribution is -2.49. The molecule has 2 saturated carbocycles. The lowest BCUT2D eigenvalue weighted by molar-refractivity contribution is -0.258. The van der Waals surface area contributed by atoms with Gasteiger partial charge in [-0.25, -0.2) is 0 Å². The van der Waals surface area contributed by atoms with Gasteiger partial charge in [-0.05, 0) is 42.4 Å². The molecule has 3 heteroatoms. The highest BCUT2D eigenvalue weighted by Gasteiger charge is 2.61. The third-order valence-electron chi connectivity index (χ3n) is 5.98. The lowest BCUT2D eigenvalue weighted by atomic mass is 9.57. The number of rotatable bonds is 2. The zero-order valence-electron chi connectivity index (χ0n) is 11.2. The van der Waals surface area contributed by atoms with E-state index in [1.807, 2.05) is 13.8 Å². The summed E-state index contributed by atoms with van der Waals surface area (Å²) in [6, 6.07) is 0. The van der Waals surface area contributed by atoms with Crippen molar-refractivity contribution in [2.75, 3.05) is 0 Å². The van der Waals surface area contributed by atoms with Crippen LogP contribution in [0.4, 0.5) is 13.2 Å². The third-order valence-corrected chi connectivity index (χ3v) is 5.98. The second-order valence-corrected chi connectivity index (χ2v) is 7.13. The van der Waals surface area contributed by atoms with Crippen LogP contribution in [0.5, 0.6) is 0 Å². The fraction of sp³-hybridized carbons (Fsp3) is 1.00. The Morgan fingerprint density at radius 2 is 1.47 bits per heavy atom. The molecule has 2 bridgehead atoms. The zero-order valence-corrected chi connectivity index (χ0v) is 11.2. The van der Waals surface area contributed by atoms with Crippen LogP contribution in [-0.2, 0) is 0 Å². The van der Waals surface area contributed by atoms with Crippen molar-refractivity contribution in [3.63, 3.8) is 0 Å². The Morgan fingerprint density at radius 3 is 1.82 bits per heavy atom. The zero-order chi connectivity index (χ0) is 13.1. The van der Waals surface area contributed by atoms with Gasteiger partial charge in [0, 0.05) is 0 Å². The quantitative estimate of drug-likeness (QED) is 0.642. The molecule has 0 aliphatic heterocycles. The molecule has 0 saturated heterocycles. The van der Waals surface area contributed by atoms with E-state index in [2.05, 4.69) is 0 Å². The van der Waals surface area contributed by atoms with Gasteiger partial charge in [-0.3, -0.25) is 0 Å². The van der Waals surface area contributed by atoms with Crippen molar-refractivity contribution in [2.45, 2.75) is 59.6 Å². The van der Waals surface area contributed by atoms with E-state index in [1.165, 1.54) is 26.7 Å². The van der Waals surface area contributed by atoms with E-state index in [9.17, 15) is 13.2 Å². The molecule has 100 valence electrons. The topological polar surface area (TPSA) is 0 Å². The minimum Gasteiger partial charge on any atom is -0.171 e. The number of alkyl halides is 3. The molecule has 2 fully saturated rings. The van der Waals surface area contributed by atoms with Gasteiger partial charge in [-0.2, -0.15) is 13.2 Å². The fourth-order valence-corrected chi connectivity index (χ4v) is 3.96. The van der Waals surface area contributed by atoms with Gasteiger partial charge < -0.3 is 0 Å². The maximum absolute atomic E-state index is 13.2. The minimum atomic E-state index is -4.11. The first kappa shape index (κ1) is 13.2. The molecule has 0 aromatic heterocycles. The molecule has 2 rings (SSSR count). The Bertz CT molecular complexity index is 301. The summed E-state index contributed by atoms with van der Waals surface area (Å²) in [4.78, 5) is 0. The third kappa shape index (κ3) is 1.80. The van der Waals surface area contributed by atoms with Crippen LogP contribution in [0.25, 0.3) is 0 Å². The molecular weight excluding hydrogens is 225 g/mol. The van der Waals surface area contributed by atoms with E-state index in [4.69, 9.17) is 0 Å². The molecule has 0 nitrogen and oxygen atoms in total. The average molecular weight is 248 g/mol. The number of fused-ring (bicyclic) bond motifs is 2. The summed E-state index contributed by atoms with van der Waals surface area (Å²) < 4.78 is 39.7. The number of hydrogen-bond acceptors (Lipinski definition) is 0. The first-order valence-corrected chi connectivity index (χ1v) is 6.64. The number of hydrogen-bond donors (Lipinski definition) is 0. The molecule has 3 atom stereocenters. The van der Waals surface area contributed by atoms with Crippen LogP contribution in [0.2, 0.25) is 0 Å². The molecule has 0 amide bonds. The van der Waals surface area contributed by atoms with Crippen molar-refractivity contribution in [1.82, 2.24) is 0 Å². The van der Waals surface area contributed by atoms with Crippen LogP contribution in [-0.4, -0.2) is 6.18 Å². The van der Waals surface area contributed by atoms with Crippen LogP contribution in [0.3, 0.4) is 0 Å². The smallest absolute Gasteiger partial charge is 0.171 e.